The quantitative estimate of drug-likeness (QED) is 0.612. The molecule has 0 saturated carbocycles. The largest absolute Gasteiger partial charge is 0.341 e. The third-order valence-corrected chi connectivity index (χ3v) is 7.94. The fraction of sp³-hybridized carbons (Fsp3) is 0.474. The zero-order valence-electron chi connectivity index (χ0n) is 16.5. The molecule has 0 spiro atoms. The van der Waals surface area contributed by atoms with Crippen molar-refractivity contribution in [3.05, 3.63) is 47.0 Å². The van der Waals surface area contributed by atoms with Crippen molar-refractivity contribution in [2.75, 3.05) is 25.1 Å². The molecule has 1 atom stereocenters. The van der Waals surface area contributed by atoms with Crippen LogP contribution < -0.4 is 4.72 Å². The monoisotopic (exact) mass is 490 g/mol. The van der Waals surface area contributed by atoms with E-state index >= 15 is 0 Å². The number of aromatic nitrogens is 2. The molecule has 1 amide bonds. The molecule has 1 aliphatic rings. The summed E-state index contributed by atoms with van der Waals surface area (Å²) in [7, 11) is -4.01. The van der Waals surface area contributed by atoms with E-state index in [0.29, 0.717) is 31.3 Å². The van der Waals surface area contributed by atoms with E-state index in [0.717, 1.165) is 12.8 Å². The van der Waals surface area contributed by atoms with Crippen molar-refractivity contribution < 1.29 is 13.2 Å². The first-order valence-electron chi connectivity index (χ1n) is 9.54. The minimum Gasteiger partial charge on any atom is -0.341 e. The summed E-state index contributed by atoms with van der Waals surface area (Å²) in [6.07, 6.45) is 9.35. The molecule has 0 aliphatic carbocycles. The summed E-state index contributed by atoms with van der Waals surface area (Å²) in [5.74, 6) is 0.433. The highest BCUT2D eigenvalue weighted by Crippen LogP contribution is 2.26. The Bertz CT molecular complexity index is 962. The normalized spacial score (nSPS) is 16.6. The highest BCUT2D eigenvalue weighted by molar-refractivity contribution is 7.98. The van der Waals surface area contributed by atoms with E-state index in [-0.39, 0.29) is 20.8 Å². The Balaban J connectivity index is 1.72. The van der Waals surface area contributed by atoms with Crippen molar-refractivity contribution in [1.82, 2.24) is 19.2 Å². The minimum absolute atomic E-state index is 0.0594. The summed E-state index contributed by atoms with van der Waals surface area (Å²) in [6, 6.07) is 3.67. The molecule has 11 heteroatoms. The predicted molar refractivity (Wildman–Crippen MR) is 121 cm³/mol. The number of hydrogen-bond donors (Lipinski definition) is 1. The Labute approximate surface area is 191 Å². The molecule has 1 aliphatic heterocycles. The number of benzene rings is 1. The van der Waals surface area contributed by atoms with Crippen LogP contribution in [0.2, 0.25) is 10.0 Å². The van der Waals surface area contributed by atoms with Crippen molar-refractivity contribution in [3.8, 4) is 0 Å². The second kappa shape index (κ2) is 10.4. The van der Waals surface area contributed by atoms with E-state index in [2.05, 4.69) is 14.3 Å². The number of carbonyl (C=O) groups excluding carboxylic acids is 1. The fourth-order valence-electron chi connectivity index (χ4n) is 3.49. The average Bonchev–Trinajstić information content (AvgIpc) is 3.27. The Kier molecular flexibility index (Phi) is 8.09. The molecule has 164 valence electrons. The standard InChI is InChI=1S/C19H24Cl2N4O3S2/c1-29-11-6-17(23-30(27,28)18-12-14(20)2-3-16(18)21)19(26)24-8-4-15(5-9-24)25-10-7-22-13-25/h2-3,7,10,12-13,15,17,23H,4-6,8-9,11H2,1H3. The molecule has 3 rings (SSSR count). The van der Waals surface area contributed by atoms with E-state index in [9.17, 15) is 13.2 Å². The van der Waals surface area contributed by atoms with Gasteiger partial charge < -0.3 is 9.47 Å². The van der Waals surface area contributed by atoms with E-state index in [1.807, 2.05) is 12.5 Å². The lowest BCUT2D eigenvalue weighted by molar-refractivity contribution is -0.134. The molecule has 1 N–H and O–H groups in total. The topological polar surface area (TPSA) is 84.3 Å². The summed E-state index contributed by atoms with van der Waals surface area (Å²) in [5, 5.41) is 0.317. The first kappa shape index (κ1) is 23.4. The lowest BCUT2D eigenvalue weighted by Crippen LogP contribution is -2.51. The number of thioether (sulfide) groups is 1. The van der Waals surface area contributed by atoms with Gasteiger partial charge in [0.2, 0.25) is 15.9 Å². The van der Waals surface area contributed by atoms with Gasteiger partial charge >= 0.3 is 0 Å². The molecule has 0 radical (unpaired) electrons. The van der Waals surface area contributed by atoms with Gasteiger partial charge in [-0.1, -0.05) is 23.2 Å². The van der Waals surface area contributed by atoms with Gasteiger partial charge in [0.25, 0.3) is 0 Å². The van der Waals surface area contributed by atoms with Gasteiger partial charge in [0, 0.05) is 36.5 Å². The van der Waals surface area contributed by atoms with E-state index in [1.165, 1.54) is 18.2 Å². The number of halogens is 2. The van der Waals surface area contributed by atoms with Crippen LogP contribution in [-0.4, -0.2) is 59.9 Å². The molecule has 1 fully saturated rings. The van der Waals surface area contributed by atoms with Crippen LogP contribution in [0.3, 0.4) is 0 Å². The van der Waals surface area contributed by atoms with Gasteiger partial charge in [0.1, 0.15) is 10.9 Å². The summed E-state index contributed by atoms with van der Waals surface area (Å²) < 4.78 is 30.5. The Hall–Kier alpha value is -1.26. The molecule has 2 aromatic rings. The number of likely N-dealkylation sites (tertiary alicyclic amines) is 1. The number of nitrogens with zero attached hydrogens (tertiary/aromatic N) is 3. The Morgan fingerprint density at radius 2 is 2.07 bits per heavy atom. The van der Waals surface area contributed by atoms with Crippen LogP contribution in [-0.2, 0) is 14.8 Å². The van der Waals surface area contributed by atoms with Crippen molar-refractivity contribution in [3.63, 3.8) is 0 Å². The molecular weight excluding hydrogens is 467 g/mol. The van der Waals surface area contributed by atoms with Gasteiger partial charge in [-0.15, -0.1) is 0 Å². The fourth-order valence-corrected chi connectivity index (χ4v) is 5.95. The number of amides is 1. The van der Waals surface area contributed by atoms with Crippen LogP contribution in [0, 0.1) is 0 Å². The second-order valence-electron chi connectivity index (χ2n) is 7.10. The number of nitrogens with one attached hydrogen (secondary N) is 1. The molecule has 7 nitrogen and oxygen atoms in total. The summed E-state index contributed by atoms with van der Waals surface area (Å²) >= 11 is 13.6. The maximum absolute atomic E-state index is 13.2. The van der Waals surface area contributed by atoms with Gasteiger partial charge in [-0.05, 0) is 49.5 Å². The van der Waals surface area contributed by atoms with Crippen molar-refractivity contribution in [2.45, 2.75) is 36.2 Å². The maximum atomic E-state index is 13.2. The van der Waals surface area contributed by atoms with Crippen LogP contribution in [0.25, 0.3) is 0 Å². The van der Waals surface area contributed by atoms with Gasteiger partial charge in [0.05, 0.1) is 11.3 Å². The van der Waals surface area contributed by atoms with Crippen LogP contribution in [0.4, 0.5) is 0 Å². The summed E-state index contributed by atoms with van der Waals surface area (Å²) in [4.78, 5) is 18.9. The minimum atomic E-state index is -4.01. The van der Waals surface area contributed by atoms with Crippen LogP contribution in [0.15, 0.2) is 41.8 Å². The summed E-state index contributed by atoms with van der Waals surface area (Å²) in [5.41, 5.74) is 0. The van der Waals surface area contributed by atoms with Crippen molar-refractivity contribution in [1.29, 1.82) is 0 Å². The second-order valence-corrected chi connectivity index (χ2v) is 10.6. The smallest absolute Gasteiger partial charge is 0.242 e. The van der Waals surface area contributed by atoms with Crippen LogP contribution >= 0.6 is 35.0 Å². The number of sulfonamides is 1. The molecule has 1 aromatic carbocycles. The van der Waals surface area contributed by atoms with Gasteiger partial charge in [0.15, 0.2) is 0 Å². The first-order chi connectivity index (χ1) is 14.3. The van der Waals surface area contributed by atoms with E-state index in [1.54, 1.807) is 29.2 Å². The van der Waals surface area contributed by atoms with E-state index in [4.69, 9.17) is 23.2 Å². The van der Waals surface area contributed by atoms with Gasteiger partial charge in [-0.3, -0.25) is 4.79 Å². The SMILES string of the molecule is CSCCC(NS(=O)(=O)c1cc(Cl)ccc1Cl)C(=O)N1CCC(n2ccnc2)CC1. The lowest BCUT2D eigenvalue weighted by Gasteiger charge is -2.34. The third kappa shape index (κ3) is 5.70. The predicted octanol–water partition coefficient (Wildman–Crippen LogP) is 3.45. The van der Waals surface area contributed by atoms with Crippen LogP contribution in [0.5, 0.6) is 0 Å². The molecule has 1 aromatic heterocycles. The van der Waals surface area contributed by atoms with Gasteiger partial charge in [-0.2, -0.15) is 16.5 Å². The Morgan fingerprint density at radius 3 is 2.70 bits per heavy atom. The van der Waals surface area contributed by atoms with Gasteiger partial charge in [-0.25, -0.2) is 13.4 Å². The molecule has 0 bridgehead atoms. The van der Waals surface area contributed by atoms with Crippen molar-refractivity contribution in [2.24, 2.45) is 0 Å². The highest BCUT2D eigenvalue weighted by atomic mass is 35.5. The van der Waals surface area contributed by atoms with Crippen LogP contribution in [0.1, 0.15) is 25.3 Å². The molecule has 30 heavy (non-hydrogen) atoms. The maximum Gasteiger partial charge on any atom is 0.242 e. The zero-order chi connectivity index (χ0) is 21.7. The highest BCUT2D eigenvalue weighted by Gasteiger charge is 2.32. The molecule has 1 unspecified atom stereocenters. The lowest BCUT2D eigenvalue weighted by atomic mass is 10.0. The summed E-state index contributed by atoms with van der Waals surface area (Å²) in [6.45, 7) is 1.13. The molecule has 1 saturated heterocycles. The van der Waals surface area contributed by atoms with Crippen molar-refractivity contribution >= 4 is 50.9 Å². The number of piperidine rings is 1. The average molecular weight is 491 g/mol. The van der Waals surface area contributed by atoms with E-state index < -0.39 is 16.1 Å². The number of hydrogen-bond acceptors (Lipinski definition) is 5. The third-order valence-electron chi connectivity index (χ3n) is 5.11. The molecule has 2 heterocycles. The number of rotatable bonds is 8. The Morgan fingerprint density at radius 1 is 1.33 bits per heavy atom. The first-order valence-corrected chi connectivity index (χ1v) is 13.2. The number of carbonyl (C=O) groups is 1. The molecular formula is C19H24Cl2N4O3S2. The number of imidazole rings is 1. The zero-order valence-corrected chi connectivity index (χ0v) is 19.6.